The first kappa shape index (κ1) is 17.6. The van der Waals surface area contributed by atoms with Gasteiger partial charge >= 0.3 is 12.1 Å². The summed E-state index contributed by atoms with van der Waals surface area (Å²) in [5.74, 6) is -1.54. The molecule has 0 spiro atoms. The van der Waals surface area contributed by atoms with Gasteiger partial charge in [-0.2, -0.15) is 13.2 Å². The van der Waals surface area contributed by atoms with Crippen molar-refractivity contribution in [2.45, 2.75) is 31.1 Å². The Hall–Kier alpha value is -2.77. The first-order valence-corrected chi connectivity index (χ1v) is 8.55. The molecular weight excluding hydrogens is 364 g/mol. The largest absolute Gasteiger partial charge is 0.471 e. The molecular formula is C19H16F4N2O2. The molecule has 8 heteroatoms. The second-order valence-corrected chi connectivity index (χ2v) is 6.61. The van der Waals surface area contributed by atoms with Crippen LogP contribution in [0.3, 0.4) is 0 Å². The van der Waals surface area contributed by atoms with E-state index in [0.717, 1.165) is 0 Å². The standard InChI is InChI=1S/C19H16F4N2O2/c20-11-7-8-16-14(10-11)25-9-3-5-13(24-18(26)19(21,22)23)17(25)12-4-1-2-6-15(12)27-16/h1-2,4,6-8,10,13,17H,3,5,9H2,(H,24,26)/t13-,17+/m0/s1. The predicted octanol–water partition coefficient (Wildman–Crippen LogP) is 4.32. The Kier molecular flexibility index (Phi) is 4.20. The van der Waals surface area contributed by atoms with Crippen molar-refractivity contribution in [1.82, 2.24) is 5.32 Å². The maximum absolute atomic E-state index is 13.9. The summed E-state index contributed by atoms with van der Waals surface area (Å²) in [6, 6.07) is 9.68. The first-order valence-electron chi connectivity index (χ1n) is 8.55. The maximum Gasteiger partial charge on any atom is 0.471 e. The van der Waals surface area contributed by atoms with Crippen LogP contribution in [0.25, 0.3) is 0 Å². The molecule has 0 aliphatic carbocycles. The summed E-state index contributed by atoms with van der Waals surface area (Å²) in [4.78, 5) is 13.4. The second kappa shape index (κ2) is 6.44. The van der Waals surface area contributed by atoms with E-state index in [1.165, 1.54) is 18.2 Å². The van der Waals surface area contributed by atoms with Crippen LogP contribution < -0.4 is 15.0 Å². The number of fused-ring (bicyclic) bond motifs is 5. The number of nitrogens with one attached hydrogen (secondary N) is 1. The van der Waals surface area contributed by atoms with Gasteiger partial charge in [-0.25, -0.2) is 4.39 Å². The van der Waals surface area contributed by atoms with Gasteiger partial charge in [0, 0.05) is 18.2 Å². The highest BCUT2D eigenvalue weighted by molar-refractivity contribution is 5.82. The van der Waals surface area contributed by atoms with Crippen LogP contribution in [0.5, 0.6) is 11.5 Å². The molecule has 2 aliphatic heterocycles. The van der Waals surface area contributed by atoms with Gasteiger partial charge in [0.2, 0.25) is 0 Å². The van der Waals surface area contributed by atoms with Crippen LogP contribution >= 0.6 is 0 Å². The molecule has 2 atom stereocenters. The second-order valence-electron chi connectivity index (χ2n) is 6.61. The summed E-state index contributed by atoms with van der Waals surface area (Å²) in [6.45, 7) is 0.511. The molecule has 2 aromatic rings. The number of benzene rings is 2. The highest BCUT2D eigenvalue weighted by Gasteiger charge is 2.44. The van der Waals surface area contributed by atoms with Crippen LogP contribution in [0.15, 0.2) is 42.5 Å². The molecule has 4 rings (SSSR count). The van der Waals surface area contributed by atoms with Crippen molar-refractivity contribution < 1.29 is 27.1 Å². The summed E-state index contributed by atoms with van der Waals surface area (Å²) < 4.78 is 58.2. The summed E-state index contributed by atoms with van der Waals surface area (Å²) in [7, 11) is 0. The lowest BCUT2D eigenvalue weighted by atomic mass is 9.89. The van der Waals surface area contributed by atoms with Gasteiger partial charge in [-0.15, -0.1) is 0 Å². The molecule has 2 heterocycles. The Balaban J connectivity index is 1.81. The van der Waals surface area contributed by atoms with Gasteiger partial charge in [-0.1, -0.05) is 18.2 Å². The zero-order valence-electron chi connectivity index (χ0n) is 14.1. The Morgan fingerprint density at radius 2 is 1.93 bits per heavy atom. The van der Waals surface area contributed by atoms with E-state index in [4.69, 9.17) is 4.74 Å². The van der Waals surface area contributed by atoms with E-state index in [0.29, 0.717) is 42.1 Å². The lowest BCUT2D eigenvalue weighted by molar-refractivity contribution is -0.174. The van der Waals surface area contributed by atoms with Gasteiger partial charge in [0.15, 0.2) is 5.75 Å². The lowest BCUT2D eigenvalue weighted by Crippen LogP contribution is -2.52. The Bertz CT molecular complexity index is 884. The lowest BCUT2D eigenvalue weighted by Gasteiger charge is -2.42. The van der Waals surface area contributed by atoms with E-state index in [-0.39, 0.29) is 0 Å². The van der Waals surface area contributed by atoms with Crippen molar-refractivity contribution in [3.05, 3.63) is 53.8 Å². The van der Waals surface area contributed by atoms with Gasteiger partial charge in [-0.05, 0) is 31.0 Å². The molecule has 4 nitrogen and oxygen atoms in total. The van der Waals surface area contributed by atoms with Crippen molar-refractivity contribution in [3.8, 4) is 11.5 Å². The van der Waals surface area contributed by atoms with E-state index in [1.54, 1.807) is 24.3 Å². The van der Waals surface area contributed by atoms with E-state index in [1.807, 2.05) is 4.90 Å². The summed E-state index contributed by atoms with van der Waals surface area (Å²) >= 11 is 0. The zero-order chi connectivity index (χ0) is 19.2. The molecule has 0 unspecified atom stereocenters. The van der Waals surface area contributed by atoms with Gasteiger partial charge < -0.3 is 15.0 Å². The van der Waals surface area contributed by atoms with E-state index < -0.39 is 30.0 Å². The number of rotatable bonds is 1. The third kappa shape index (κ3) is 3.20. The third-order valence-electron chi connectivity index (χ3n) is 4.89. The minimum atomic E-state index is -4.97. The molecule has 27 heavy (non-hydrogen) atoms. The molecule has 142 valence electrons. The number of alkyl halides is 3. The Morgan fingerprint density at radius 1 is 1.15 bits per heavy atom. The molecule has 1 amide bonds. The summed E-state index contributed by atoms with van der Waals surface area (Å²) in [6.07, 6.45) is -4.04. The minimum absolute atomic E-state index is 0.377. The van der Waals surface area contributed by atoms with Gasteiger partial charge in [0.05, 0.1) is 17.8 Å². The molecule has 1 N–H and O–H groups in total. The average Bonchev–Trinajstić information content (AvgIpc) is 2.76. The van der Waals surface area contributed by atoms with Gasteiger partial charge in [0.25, 0.3) is 0 Å². The summed E-state index contributed by atoms with van der Waals surface area (Å²) in [5, 5.41) is 2.12. The molecule has 2 aliphatic rings. The van der Waals surface area contributed by atoms with Crippen molar-refractivity contribution in [2.24, 2.45) is 0 Å². The van der Waals surface area contributed by atoms with Crippen LogP contribution in [0.4, 0.5) is 23.2 Å². The third-order valence-corrected chi connectivity index (χ3v) is 4.89. The molecule has 0 aromatic heterocycles. The van der Waals surface area contributed by atoms with E-state index >= 15 is 0 Å². The number of halogens is 4. The number of hydrogen-bond acceptors (Lipinski definition) is 3. The monoisotopic (exact) mass is 380 g/mol. The topological polar surface area (TPSA) is 41.6 Å². The molecule has 1 fully saturated rings. The van der Waals surface area contributed by atoms with Gasteiger partial charge in [-0.3, -0.25) is 4.79 Å². The number of anilines is 1. The van der Waals surface area contributed by atoms with Crippen LogP contribution in [-0.4, -0.2) is 24.7 Å². The summed E-state index contributed by atoms with van der Waals surface area (Å²) in [5.41, 5.74) is 1.11. The number of piperidine rings is 1. The number of carbonyl (C=O) groups is 1. The van der Waals surface area contributed by atoms with Crippen molar-refractivity contribution in [1.29, 1.82) is 0 Å². The van der Waals surface area contributed by atoms with Crippen LogP contribution in [-0.2, 0) is 4.79 Å². The van der Waals surface area contributed by atoms with Crippen LogP contribution in [0, 0.1) is 5.82 Å². The number of amides is 1. The fourth-order valence-electron chi connectivity index (χ4n) is 3.79. The number of hydrogen-bond donors (Lipinski definition) is 1. The number of nitrogens with zero attached hydrogens (tertiary/aromatic N) is 1. The highest BCUT2D eigenvalue weighted by Crippen LogP contribution is 2.47. The SMILES string of the molecule is O=C(N[C@H]1CCCN2c3cc(F)ccc3Oc3ccccc3[C@H]12)C(F)(F)F. The van der Waals surface area contributed by atoms with E-state index in [2.05, 4.69) is 5.32 Å². The predicted molar refractivity (Wildman–Crippen MR) is 90.2 cm³/mol. The quantitative estimate of drug-likeness (QED) is 0.750. The number of carbonyl (C=O) groups excluding carboxylic acids is 1. The van der Waals surface area contributed by atoms with Crippen molar-refractivity contribution in [2.75, 3.05) is 11.4 Å². The fourth-order valence-corrected chi connectivity index (χ4v) is 3.79. The van der Waals surface area contributed by atoms with Crippen molar-refractivity contribution >= 4 is 11.6 Å². The molecule has 2 aromatic carbocycles. The smallest absolute Gasteiger partial charge is 0.455 e. The minimum Gasteiger partial charge on any atom is -0.455 e. The fraction of sp³-hybridized carbons (Fsp3) is 0.316. The Morgan fingerprint density at radius 3 is 2.70 bits per heavy atom. The van der Waals surface area contributed by atoms with Crippen molar-refractivity contribution in [3.63, 3.8) is 0 Å². The first-order chi connectivity index (χ1) is 12.8. The molecule has 0 saturated carbocycles. The van der Waals surface area contributed by atoms with E-state index in [9.17, 15) is 22.4 Å². The normalized spacial score (nSPS) is 21.3. The van der Waals surface area contributed by atoms with Gasteiger partial charge in [0.1, 0.15) is 11.6 Å². The maximum atomic E-state index is 13.9. The number of para-hydroxylation sites is 1. The molecule has 0 bridgehead atoms. The zero-order valence-corrected chi connectivity index (χ0v) is 14.1. The average molecular weight is 380 g/mol. The number of ether oxygens (including phenoxy) is 1. The van der Waals surface area contributed by atoms with Crippen LogP contribution in [0.2, 0.25) is 0 Å². The Labute approximate surface area is 152 Å². The highest BCUT2D eigenvalue weighted by atomic mass is 19.4. The molecule has 0 radical (unpaired) electrons. The van der Waals surface area contributed by atoms with Crippen LogP contribution in [0.1, 0.15) is 24.4 Å². The molecule has 1 saturated heterocycles.